The number of aliphatic carboxylic acids is 1. The van der Waals surface area contributed by atoms with Crippen LogP contribution in [0.25, 0.3) is 0 Å². The maximum atomic E-state index is 14.0. The number of hydrogen-bond donors (Lipinski definition) is 2. The summed E-state index contributed by atoms with van der Waals surface area (Å²) in [4.78, 5) is 45.2. The van der Waals surface area contributed by atoms with Crippen LogP contribution in [0.2, 0.25) is 10.0 Å². The van der Waals surface area contributed by atoms with Crippen molar-refractivity contribution in [3.8, 4) is 17.2 Å². The van der Waals surface area contributed by atoms with Gasteiger partial charge in [-0.25, -0.2) is 4.79 Å². The van der Waals surface area contributed by atoms with Gasteiger partial charge in [0, 0.05) is 50.2 Å². The van der Waals surface area contributed by atoms with Gasteiger partial charge in [-0.1, -0.05) is 59.6 Å². The van der Waals surface area contributed by atoms with E-state index in [2.05, 4.69) is 22.3 Å². The summed E-state index contributed by atoms with van der Waals surface area (Å²) in [6, 6.07) is 19.1. The van der Waals surface area contributed by atoms with Crippen LogP contribution < -0.4 is 19.5 Å². The van der Waals surface area contributed by atoms with E-state index in [1.54, 1.807) is 17.0 Å². The van der Waals surface area contributed by atoms with E-state index in [-0.39, 0.29) is 17.4 Å². The molecule has 0 aromatic heterocycles. The van der Waals surface area contributed by atoms with Crippen LogP contribution in [0.4, 0.5) is 4.79 Å². The van der Waals surface area contributed by atoms with E-state index in [9.17, 15) is 19.5 Å². The minimum absolute atomic E-state index is 0.125. The average molecular weight is 768 g/mol. The van der Waals surface area contributed by atoms with Crippen molar-refractivity contribution in [3.63, 3.8) is 0 Å². The SMILES string of the molecule is COc1cc(C(=O)N2CC[C@@](CCN3CCC(NC(=O)N4CCC(C(=O)O)CC4)(c4ccccc4)CC3)(c3ccc(Cl)c(Cl)c3)C2)cc(OC)c1OC. The van der Waals surface area contributed by atoms with Crippen molar-refractivity contribution >= 4 is 41.1 Å². The Kier molecular flexibility index (Phi) is 12.0. The Balaban J connectivity index is 1.18. The van der Waals surface area contributed by atoms with Crippen LogP contribution in [0.15, 0.2) is 60.7 Å². The first-order valence-electron chi connectivity index (χ1n) is 18.1. The molecular formula is C40H48Cl2N4O7. The van der Waals surface area contributed by atoms with Crippen molar-refractivity contribution in [2.24, 2.45) is 5.92 Å². The van der Waals surface area contributed by atoms with Gasteiger partial charge in [0.05, 0.1) is 42.8 Å². The molecule has 0 radical (unpaired) electrons. The quantitative estimate of drug-likeness (QED) is 0.222. The molecule has 13 heteroatoms. The predicted molar refractivity (Wildman–Crippen MR) is 204 cm³/mol. The molecule has 3 aromatic rings. The van der Waals surface area contributed by atoms with Gasteiger partial charge in [0.15, 0.2) is 11.5 Å². The highest BCUT2D eigenvalue weighted by Gasteiger charge is 2.44. The molecule has 3 aliphatic heterocycles. The van der Waals surface area contributed by atoms with E-state index in [0.29, 0.717) is 71.9 Å². The van der Waals surface area contributed by atoms with E-state index in [0.717, 1.165) is 56.4 Å². The summed E-state index contributed by atoms with van der Waals surface area (Å²) in [6.07, 6.45) is 3.90. The van der Waals surface area contributed by atoms with E-state index in [4.69, 9.17) is 37.4 Å². The zero-order valence-corrected chi connectivity index (χ0v) is 32.0. The van der Waals surface area contributed by atoms with Crippen molar-refractivity contribution in [3.05, 3.63) is 87.4 Å². The molecule has 3 fully saturated rings. The summed E-state index contributed by atoms with van der Waals surface area (Å²) in [5, 5.41) is 13.8. The molecule has 11 nitrogen and oxygen atoms in total. The second-order valence-corrected chi connectivity index (χ2v) is 15.2. The molecule has 0 bridgehead atoms. The number of carboxylic acids is 1. The number of nitrogens with zero attached hydrogens (tertiary/aromatic N) is 3. The number of methoxy groups -OCH3 is 3. The van der Waals surface area contributed by atoms with Gasteiger partial charge in [0.1, 0.15) is 0 Å². The van der Waals surface area contributed by atoms with Gasteiger partial charge in [-0.05, 0) is 80.5 Å². The first-order valence-corrected chi connectivity index (χ1v) is 18.9. The molecule has 6 rings (SSSR count). The Morgan fingerprint density at radius 3 is 2.04 bits per heavy atom. The van der Waals surface area contributed by atoms with Crippen LogP contribution in [-0.4, -0.2) is 105 Å². The fourth-order valence-electron chi connectivity index (χ4n) is 8.23. The molecule has 0 spiro atoms. The van der Waals surface area contributed by atoms with Gasteiger partial charge in [-0.3, -0.25) is 9.59 Å². The Hall–Kier alpha value is -4.19. The Bertz CT molecular complexity index is 1770. The van der Waals surface area contributed by atoms with Gasteiger partial charge < -0.3 is 39.3 Å². The minimum Gasteiger partial charge on any atom is -0.493 e. The second-order valence-electron chi connectivity index (χ2n) is 14.4. The van der Waals surface area contributed by atoms with Crippen LogP contribution in [-0.2, 0) is 15.7 Å². The van der Waals surface area contributed by atoms with Crippen molar-refractivity contribution in [2.75, 3.05) is 67.1 Å². The molecule has 53 heavy (non-hydrogen) atoms. The summed E-state index contributed by atoms with van der Waals surface area (Å²) in [7, 11) is 4.59. The molecule has 3 saturated heterocycles. The largest absolute Gasteiger partial charge is 0.493 e. The highest BCUT2D eigenvalue weighted by Crippen LogP contribution is 2.43. The standard InChI is InChI=1S/C40H48Cl2N4O7/c1-51-33-23-28(24-34(52-2)35(33)53-3)36(47)46-22-14-39(26-46,30-9-10-31(41)32(42)25-30)13-19-44-20-15-40(16-21-44,29-7-5-4-6-8-29)43-38(50)45-17-11-27(12-18-45)37(48)49/h4-10,23-25,27H,11-22,26H2,1-3H3,(H,43,50)(H,48,49)/t39-/m1/s1. The summed E-state index contributed by atoms with van der Waals surface area (Å²) in [6.45, 7) is 4.22. The third-order valence-corrected chi connectivity index (χ3v) is 12.2. The normalized spacial score (nSPS) is 20.5. The van der Waals surface area contributed by atoms with Gasteiger partial charge in [-0.2, -0.15) is 0 Å². The maximum Gasteiger partial charge on any atom is 0.318 e. The summed E-state index contributed by atoms with van der Waals surface area (Å²) in [5.41, 5.74) is 1.65. The van der Waals surface area contributed by atoms with Crippen molar-refractivity contribution in [1.82, 2.24) is 20.0 Å². The summed E-state index contributed by atoms with van der Waals surface area (Å²) in [5.74, 6) is -0.0659. The number of carbonyl (C=O) groups is 3. The molecule has 0 aliphatic carbocycles. The van der Waals surface area contributed by atoms with E-state index < -0.39 is 17.4 Å². The van der Waals surface area contributed by atoms with E-state index >= 15 is 0 Å². The van der Waals surface area contributed by atoms with Crippen LogP contribution in [0.5, 0.6) is 17.2 Å². The van der Waals surface area contributed by atoms with Crippen molar-refractivity contribution in [1.29, 1.82) is 0 Å². The zero-order valence-electron chi connectivity index (χ0n) is 30.5. The Labute approximate surface area is 321 Å². The number of rotatable bonds is 11. The molecule has 2 N–H and O–H groups in total. The first-order chi connectivity index (χ1) is 25.5. The van der Waals surface area contributed by atoms with Gasteiger partial charge in [-0.15, -0.1) is 0 Å². The topological polar surface area (TPSA) is 121 Å². The molecule has 0 unspecified atom stereocenters. The molecule has 3 aromatic carbocycles. The fraction of sp³-hybridized carbons (Fsp3) is 0.475. The number of halogens is 2. The highest BCUT2D eigenvalue weighted by molar-refractivity contribution is 6.42. The molecule has 284 valence electrons. The number of piperidine rings is 2. The number of ether oxygens (including phenoxy) is 3. The summed E-state index contributed by atoms with van der Waals surface area (Å²) < 4.78 is 16.5. The maximum absolute atomic E-state index is 14.0. The predicted octanol–water partition coefficient (Wildman–Crippen LogP) is 6.69. The van der Waals surface area contributed by atoms with Crippen molar-refractivity contribution in [2.45, 2.75) is 49.5 Å². The molecule has 3 amide bonds. The van der Waals surface area contributed by atoms with E-state index in [1.807, 2.05) is 41.3 Å². The number of benzene rings is 3. The van der Waals surface area contributed by atoms with Crippen molar-refractivity contribution < 1.29 is 33.7 Å². The number of urea groups is 1. The number of carbonyl (C=O) groups excluding carboxylic acids is 2. The first kappa shape index (κ1) is 38.5. The lowest BCUT2D eigenvalue weighted by Crippen LogP contribution is -2.57. The Morgan fingerprint density at radius 1 is 0.792 bits per heavy atom. The number of nitrogens with one attached hydrogen (secondary N) is 1. The van der Waals surface area contributed by atoms with Gasteiger partial charge in [0.25, 0.3) is 5.91 Å². The lowest BCUT2D eigenvalue weighted by molar-refractivity contribution is -0.143. The third-order valence-electron chi connectivity index (χ3n) is 11.5. The molecular weight excluding hydrogens is 719 g/mol. The molecule has 3 heterocycles. The minimum atomic E-state index is -0.797. The van der Waals surface area contributed by atoms with Crippen LogP contribution in [0.3, 0.4) is 0 Å². The van der Waals surface area contributed by atoms with Crippen LogP contribution in [0.1, 0.15) is 60.0 Å². The number of amides is 3. The number of carboxylic acid groups (broad SMARTS) is 1. The molecule has 0 saturated carbocycles. The van der Waals surface area contributed by atoms with Crippen LogP contribution in [0, 0.1) is 5.92 Å². The lowest BCUT2D eigenvalue weighted by Gasteiger charge is -2.45. The third kappa shape index (κ3) is 8.17. The Morgan fingerprint density at radius 2 is 1.45 bits per heavy atom. The zero-order chi connectivity index (χ0) is 37.8. The van der Waals surface area contributed by atoms with E-state index in [1.165, 1.54) is 21.3 Å². The van der Waals surface area contributed by atoms with Crippen LogP contribution >= 0.6 is 23.2 Å². The lowest BCUT2D eigenvalue weighted by atomic mass is 9.76. The average Bonchev–Trinajstić information content (AvgIpc) is 3.63. The van der Waals surface area contributed by atoms with Gasteiger partial charge in [0.2, 0.25) is 5.75 Å². The number of likely N-dealkylation sites (tertiary alicyclic amines) is 3. The molecule has 3 aliphatic rings. The second kappa shape index (κ2) is 16.4. The fourth-order valence-corrected chi connectivity index (χ4v) is 8.53. The van der Waals surface area contributed by atoms with Gasteiger partial charge >= 0.3 is 12.0 Å². The molecule has 1 atom stereocenters. The highest BCUT2D eigenvalue weighted by atomic mass is 35.5. The number of hydrogen-bond acceptors (Lipinski definition) is 7. The smallest absolute Gasteiger partial charge is 0.318 e. The monoisotopic (exact) mass is 766 g/mol. The summed E-state index contributed by atoms with van der Waals surface area (Å²) >= 11 is 12.9.